The Kier molecular flexibility index (Phi) is 5.48. The Labute approximate surface area is 186 Å². The van der Waals surface area contributed by atoms with Gasteiger partial charge in [-0.2, -0.15) is 0 Å². The number of furan rings is 1. The van der Waals surface area contributed by atoms with Crippen molar-refractivity contribution in [2.75, 3.05) is 12.0 Å². The highest BCUT2D eigenvalue weighted by atomic mass is 35.5. The highest BCUT2D eigenvalue weighted by Crippen LogP contribution is 2.44. The van der Waals surface area contributed by atoms with Gasteiger partial charge in [0.25, 0.3) is 11.7 Å². The number of Topliss-reactive ketones (excluding diaryl/α,β-unsaturated/α-hetero) is 1. The monoisotopic (exact) mass is 459 g/mol. The van der Waals surface area contributed by atoms with Gasteiger partial charge in [-0.05, 0) is 49.4 Å². The molecular formula is C23H16ClF2NO5. The molecule has 1 fully saturated rings. The Morgan fingerprint density at radius 3 is 2.50 bits per heavy atom. The Hall–Kier alpha value is -3.65. The van der Waals surface area contributed by atoms with Crippen molar-refractivity contribution in [3.8, 4) is 5.75 Å². The van der Waals surface area contributed by atoms with E-state index in [2.05, 4.69) is 0 Å². The number of halogens is 3. The van der Waals surface area contributed by atoms with Gasteiger partial charge < -0.3 is 14.3 Å². The zero-order valence-corrected chi connectivity index (χ0v) is 17.6. The fraction of sp³-hybridized carbons (Fsp3) is 0.130. The minimum atomic E-state index is -1.29. The molecule has 1 aliphatic rings. The number of carbonyl (C=O) groups excluding carboxylic acids is 2. The average molecular weight is 460 g/mol. The van der Waals surface area contributed by atoms with Crippen LogP contribution in [0.5, 0.6) is 5.75 Å². The fourth-order valence-electron chi connectivity index (χ4n) is 3.59. The molecule has 1 N–H and O–H groups in total. The number of amides is 1. The first-order valence-corrected chi connectivity index (χ1v) is 9.77. The lowest BCUT2D eigenvalue weighted by atomic mass is 9.99. The van der Waals surface area contributed by atoms with E-state index in [0.717, 1.165) is 17.0 Å². The smallest absolute Gasteiger partial charge is 0.300 e. The molecule has 1 saturated heterocycles. The average Bonchev–Trinajstić information content (AvgIpc) is 3.29. The largest absolute Gasteiger partial charge is 0.507 e. The number of methoxy groups -OCH3 is 1. The summed E-state index contributed by atoms with van der Waals surface area (Å²) in [6, 6.07) is 8.73. The summed E-state index contributed by atoms with van der Waals surface area (Å²) < 4.78 is 38.8. The third kappa shape index (κ3) is 3.52. The molecule has 6 nitrogen and oxygen atoms in total. The van der Waals surface area contributed by atoms with Crippen LogP contribution in [0, 0.1) is 18.6 Å². The summed E-state index contributed by atoms with van der Waals surface area (Å²) in [5, 5.41) is 11.3. The number of nitrogens with zero attached hydrogens (tertiary/aromatic N) is 1. The van der Waals surface area contributed by atoms with Gasteiger partial charge in [-0.25, -0.2) is 8.78 Å². The summed E-state index contributed by atoms with van der Waals surface area (Å²) >= 11 is 6.03. The van der Waals surface area contributed by atoms with Gasteiger partial charge in [0.15, 0.2) is 0 Å². The van der Waals surface area contributed by atoms with Crippen LogP contribution in [-0.2, 0) is 9.59 Å². The molecule has 4 rings (SSSR count). The second-order valence-electron chi connectivity index (χ2n) is 7.06. The van der Waals surface area contributed by atoms with Gasteiger partial charge in [0, 0.05) is 11.6 Å². The van der Waals surface area contributed by atoms with Crippen LogP contribution in [0.1, 0.15) is 23.1 Å². The molecule has 0 radical (unpaired) electrons. The van der Waals surface area contributed by atoms with Crippen molar-refractivity contribution in [2.24, 2.45) is 0 Å². The number of ether oxygens (including phenoxy) is 1. The molecule has 0 bridgehead atoms. The van der Waals surface area contributed by atoms with Crippen LogP contribution in [0.25, 0.3) is 5.76 Å². The zero-order chi connectivity index (χ0) is 23.2. The van der Waals surface area contributed by atoms with E-state index in [1.807, 2.05) is 0 Å². The number of benzene rings is 2. The lowest BCUT2D eigenvalue weighted by molar-refractivity contribution is -0.132. The molecule has 3 aromatic rings. The maximum absolute atomic E-state index is 14.6. The number of hydrogen-bond acceptors (Lipinski definition) is 5. The molecule has 1 atom stereocenters. The summed E-state index contributed by atoms with van der Waals surface area (Å²) in [5.41, 5.74) is -0.505. The molecule has 1 aliphatic heterocycles. The molecule has 1 unspecified atom stereocenters. The van der Waals surface area contributed by atoms with E-state index in [0.29, 0.717) is 11.8 Å². The minimum absolute atomic E-state index is 0.118. The van der Waals surface area contributed by atoms with Crippen molar-refractivity contribution in [3.05, 3.63) is 87.8 Å². The van der Waals surface area contributed by atoms with Gasteiger partial charge in [0.1, 0.15) is 40.7 Å². The summed E-state index contributed by atoms with van der Waals surface area (Å²) in [6.45, 7) is 1.65. The van der Waals surface area contributed by atoms with Gasteiger partial charge in [-0.1, -0.05) is 11.6 Å². The van der Waals surface area contributed by atoms with Gasteiger partial charge in [0.05, 0.1) is 23.4 Å². The SMILES string of the molecule is COc1cc(/C(O)=C2/C(=O)C(=O)N(c3ccc(F)cc3F)C2c2ccc(C)o2)ccc1Cl. The lowest BCUT2D eigenvalue weighted by Crippen LogP contribution is -2.30. The van der Waals surface area contributed by atoms with Crippen LogP contribution in [0.4, 0.5) is 14.5 Å². The number of ketones is 1. The molecular weight excluding hydrogens is 444 g/mol. The second-order valence-corrected chi connectivity index (χ2v) is 7.47. The van der Waals surface area contributed by atoms with Crippen LogP contribution in [0.15, 0.2) is 58.5 Å². The predicted molar refractivity (Wildman–Crippen MR) is 113 cm³/mol. The molecule has 2 heterocycles. The maximum Gasteiger partial charge on any atom is 0.300 e. The molecule has 2 aromatic carbocycles. The number of aliphatic hydroxyl groups excluding tert-OH is 1. The Morgan fingerprint density at radius 1 is 1.12 bits per heavy atom. The van der Waals surface area contributed by atoms with Crippen LogP contribution in [0.2, 0.25) is 5.02 Å². The number of aliphatic hydroxyl groups is 1. The molecule has 1 aromatic heterocycles. The van der Waals surface area contributed by atoms with Gasteiger partial charge >= 0.3 is 0 Å². The zero-order valence-electron chi connectivity index (χ0n) is 16.9. The minimum Gasteiger partial charge on any atom is -0.507 e. The number of anilines is 1. The van der Waals surface area contributed by atoms with Gasteiger partial charge in [-0.15, -0.1) is 0 Å². The second kappa shape index (κ2) is 8.12. The highest BCUT2D eigenvalue weighted by Gasteiger charge is 2.49. The first-order chi connectivity index (χ1) is 15.2. The van der Waals surface area contributed by atoms with Crippen molar-refractivity contribution < 1.29 is 32.6 Å². The van der Waals surface area contributed by atoms with E-state index in [9.17, 15) is 23.5 Å². The Bertz CT molecular complexity index is 1280. The molecule has 9 heteroatoms. The predicted octanol–water partition coefficient (Wildman–Crippen LogP) is 5.15. The normalized spacial score (nSPS) is 17.8. The lowest BCUT2D eigenvalue weighted by Gasteiger charge is -2.23. The van der Waals surface area contributed by atoms with E-state index in [1.165, 1.54) is 31.4 Å². The molecule has 164 valence electrons. The van der Waals surface area contributed by atoms with Crippen molar-refractivity contribution >= 4 is 34.7 Å². The van der Waals surface area contributed by atoms with Crippen molar-refractivity contribution in [1.82, 2.24) is 0 Å². The van der Waals surface area contributed by atoms with E-state index in [4.69, 9.17) is 20.8 Å². The van der Waals surface area contributed by atoms with E-state index in [-0.39, 0.29) is 33.4 Å². The van der Waals surface area contributed by atoms with E-state index in [1.54, 1.807) is 13.0 Å². The molecule has 32 heavy (non-hydrogen) atoms. The van der Waals surface area contributed by atoms with E-state index >= 15 is 0 Å². The number of rotatable bonds is 4. The molecule has 1 amide bonds. The molecule has 0 aliphatic carbocycles. The number of aryl methyl sites for hydroxylation is 1. The third-order valence-electron chi connectivity index (χ3n) is 5.07. The van der Waals surface area contributed by atoms with Crippen LogP contribution < -0.4 is 9.64 Å². The van der Waals surface area contributed by atoms with Crippen LogP contribution in [0.3, 0.4) is 0 Å². The molecule has 0 saturated carbocycles. The first kappa shape index (κ1) is 21.6. The molecule has 0 spiro atoms. The number of hydrogen-bond donors (Lipinski definition) is 1. The standard InChI is InChI=1S/C23H16ClF2NO5/c1-11-3-8-17(32-11)20-19(21(28)12-4-6-14(24)18(9-12)31-2)22(29)23(30)27(20)16-7-5-13(25)10-15(16)26/h3-10,20,28H,1-2H3/b21-19-. The van der Waals surface area contributed by atoms with Gasteiger partial charge in [0.2, 0.25) is 0 Å². The summed E-state index contributed by atoms with van der Waals surface area (Å²) in [7, 11) is 1.38. The quantitative estimate of drug-likeness (QED) is 0.331. The van der Waals surface area contributed by atoms with E-state index < -0.39 is 35.1 Å². The van der Waals surface area contributed by atoms with Crippen molar-refractivity contribution in [2.45, 2.75) is 13.0 Å². The van der Waals surface area contributed by atoms with Gasteiger partial charge in [-0.3, -0.25) is 14.5 Å². The Balaban J connectivity index is 1.96. The fourth-order valence-corrected chi connectivity index (χ4v) is 3.78. The summed E-state index contributed by atoms with van der Waals surface area (Å²) in [6.07, 6.45) is 0. The third-order valence-corrected chi connectivity index (χ3v) is 5.38. The Morgan fingerprint density at radius 2 is 1.88 bits per heavy atom. The van der Waals surface area contributed by atoms with Crippen molar-refractivity contribution in [3.63, 3.8) is 0 Å². The van der Waals surface area contributed by atoms with Crippen molar-refractivity contribution in [1.29, 1.82) is 0 Å². The summed E-state index contributed by atoms with van der Waals surface area (Å²) in [5.74, 6) is -3.75. The number of carbonyl (C=O) groups is 2. The highest BCUT2D eigenvalue weighted by molar-refractivity contribution is 6.51. The van der Waals surface area contributed by atoms with Crippen LogP contribution >= 0.6 is 11.6 Å². The summed E-state index contributed by atoms with van der Waals surface area (Å²) in [4.78, 5) is 26.8. The first-order valence-electron chi connectivity index (χ1n) is 9.39. The topological polar surface area (TPSA) is 80.0 Å². The maximum atomic E-state index is 14.6. The van der Waals surface area contributed by atoms with Crippen LogP contribution in [-0.4, -0.2) is 23.9 Å².